The minimum absolute atomic E-state index is 0.146. The van der Waals surface area contributed by atoms with Crippen molar-refractivity contribution < 1.29 is 24.5 Å². The zero-order chi connectivity index (χ0) is 25.1. The molecule has 1 aliphatic rings. The monoisotopic (exact) mass is 468 g/mol. The molecule has 5 heteroatoms. The van der Waals surface area contributed by atoms with Crippen LogP contribution in [0.4, 0.5) is 0 Å². The van der Waals surface area contributed by atoms with Crippen LogP contribution in [0.3, 0.4) is 0 Å². The fourth-order valence-corrected chi connectivity index (χ4v) is 4.71. The highest BCUT2D eigenvalue weighted by atomic mass is 16.5. The number of carboxylic acid groups (broad SMARTS) is 1. The molecule has 0 spiro atoms. The average Bonchev–Trinajstić information content (AvgIpc) is 2.79. The van der Waals surface area contributed by atoms with Crippen molar-refractivity contribution in [3.05, 3.63) is 52.1 Å². The molecule has 0 saturated carbocycles. The minimum atomic E-state index is -1.24. The van der Waals surface area contributed by atoms with Crippen LogP contribution < -0.4 is 9.47 Å². The number of ether oxygens (including phenoxy) is 2. The number of benzene rings is 2. The van der Waals surface area contributed by atoms with Crippen LogP contribution >= 0.6 is 0 Å². The highest BCUT2D eigenvalue weighted by Gasteiger charge is 2.34. The Hall–Kier alpha value is -2.69. The molecule has 0 radical (unpaired) electrons. The molecular formula is C29H40O5. The molecule has 1 heterocycles. The number of rotatable bonds is 10. The fourth-order valence-electron chi connectivity index (χ4n) is 4.71. The zero-order valence-corrected chi connectivity index (χ0v) is 21.6. The highest BCUT2D eigenvalue weighted by Crippen LogP contribution is 2.44. The number of hydrogen-bond acceptors (Lipinski definition) is 4. The van der Waals surface area contributed by atoms with E-state index in [0.717, 1.165) is 61.0 Å². The molecule has 0 amide bonds. The summed E-state index contributed by atoms with van der Waals surface area (Å²) in [5, 5.41) is 19.6. The van der Waals surface area contributed by atoms with Crippen LogP contribution in [0.2, 0.25) is 0 Å². The maximum absolute atomic E-state index is 11.2. The molecule has 2 aromatic carbocycles. The van der Waals surface area contributed by atoms with Gasteiger partial charge < -0.3 is 19.7 Å². The molecule has 0 fully saturated rings. The summed E-state index contributed by atoms with van der Waals surface area (Å²) in [5.41, 5.74) is 3.97. The number of aryl methyl sites for hydroxylation is 1. The Labute approximate surface area is 204 Å². The van der Waals surface area contributed by atoms with Gasteiger partial charge in [0.05, 0.1) is 0 Å². The summed E-state index contributed by atoms with van der Waals surface area (Å²) in [6, 6.07) is 7.74. The summed E-state index contributed by atoms with van der Waals surface area (Å²) in [6.07, 6.45) is 8.58. The molecule has 1 unspecified atom stereocenters. The van der Waals surface area contributed by atoms with Crippen LogP contribution in [0.15, 0.2) is 24.3 Å². The van der Waals surface area contributed by atoms with Crippen LogP contribution in [0, 0.1) is 20.8 Å². The Kier molecular flexibility index (Phi) is 7.84. The second-order valence-corrected chi connectivity index (χ2v) is 10.6. The third-order valence-corrected chi connectivity index (χ3v) is 7.33. The molecule has 1 aliphatic heterocycles. The lowest BCUT2D eigenvalue weighted by atomic mass is 9.84. The number of fused-ring (bicyclic) bond motifs is 1. The number of carbonyl (C=O) groups is 1. The third-order valence-electron chi connectivity index (χ3n) is 7.33. The van der Waals surface area contributed by atoms with E-state index in [4.69, 9.17) is 9.47 Å². The molecule has 2 aromatic rings. The standard InChI is InChI=1S/C29H40O5/c1-19-20(2)26-24(21(3)25(19)30)16-18-29(6,34-26)17-10-8-7-9-11-22-12-14-23(15-13-22)33-28(4,5)27(31)32/h12-15,30H,7-11,16-18H2,1-6H3,(H,31,32). The van der Waals surface area contributed by atoms with Crippen molar-refractivity contribution >= 4 is 5.97 Å². The van der Waals surface area contributed by atoms with E-state index in [1.807, 2.05) is 45.0 Å². The molecule has 186 valence electrons. The number of carboxylic acids is 1. The van der Waals surface area contributed by atoms with Crippen LogP contribution in [-0.4, -0.2) is 27.4 Å². The van der Waals surface area contributed by atoms with Crippen molar-refractivity contribution in [3.63, 3.8) is 0 Å². The van der Waals surface area contributed by atoms with Gasteiger partial charge in [-0.25, -0.2) is 4.79 Å². The van der Waals surface area contributed by atoms with E-state index in [-0.39, 0.29) is 5.60 Å². The molecule has 1 atom stereocenters. The number of hydrogen-bond donors (Lipinski definition) is 2. The quantitative estimate of drug-likeness (QED) is 0.374. The Morgan fingerprint density at radius 1 is 1.03 bits per heavy atom. The predicted molar refractivity (Wildman–Crippen MR) is 135 cm³/mol. The van der Waals surface area contributed by atoms with Crippen molar-refractivity contribution in [1.82, 2.24) is 0 Å². The molecular weight excluding hydrogens is 428 g/mol. The first-order valence-corrected chi connectivity index (χ1v) is 12.5. The topological polar surface area (TPSA) is 76.0 Å². The van der Waals surface area contributed by atoms with Crippen LogP contribution in [0.5, 0.6) is 17.2 Å². The maximum atomic E-state index is 11.2. The van der Waals surface area contributed by atoms with Gasteiger partial charge in [-0.1, -0.05) is 25.0 Å². The van der Waals surface area contributed by atoms with E-state index in [1.165, 1.54) is 24.0 Å². The summed E-state index contributed by atoms with van der Waals surface area (Å²) in [4.78, 5) is 11.2. The highest BCUT2D eigenvalue weighted by molar-refractivity contribution is 5.76. The van der Waals surface area contributed by atoms with E-state index in [9.17, 15) is 15.0 Å². The predicted octanol–water partition coefficient (Wildman–Crippen LogP) is 6.84. The fraction of sp³-hybridized carbons (Fsp3) is 0.552. The first-order valence-electron chi connectivity index (χ1n) is 12.5. The summed E-state index contributed by atoms with van der Waals surface area (Å²) >= 11 is 0. The molecule has 5 nitrogen and oxygen atoms in total. The van der Waals surface area contributed by atoms with Crippen LogP contribution in [-0.2, 0) is 17.6 Å². The van der Waals surface area contributed by atoms with E-state index < -0.39 is 11.6 Å². The van der Waals surface area contributed by atoms with Gasteiger partial charge >= 0.3 is 5.97 Å². The van der Waals surface area contributed by atoms with E-state index >= 15 is 0 Å². The number of unbranched alkanes of at least 4 members (excludes halogenated alkanes) is 3. The number of aromatic hydroxyl groups is 1. The molecule has 3 rings (SSSR count). The van der Waals surface area contributed by atoms with E-state index in [2.05, 4.69) is 6.92 Å². The van der Waals surface area contributed by atoms with E-state index in [0.29, 0.717) is 11.5 Å². The summed E-state index contributed by atoms with van der Waals surface area (Å²) in [6.45, 7) is 11.3. The summed E-state index contributed by atoms with van der Waals surface area (Å²) in [7, 11) is 0. The second-order valence-electron chi connectivity index (χ2n) is 10.6. The molecule has 0 bridgehead atoms. The van der Waals surface area contributed by atoms with Crippen molar-refractivity contribution in [2.45, 2.75) is 104 Å². The molecule has 0 aromatic heterocycles. The lowest BCUT2D eigenvalue weighted by Gasteiger charge is -2.38. The Bertz CT molecular complexity index is 1020. The van der Waals surface area contributed by atoms with Crippen molar-refractivity contribution in [3.8, 4) is 17.2 Å². The number of phenolic OH excluding ortho intramolecular Hbond substituents is 1. The smallest absolute Gasteiger partial charge is 0.347 e. The van der Waals surface area contributed by atoms with Crippen LogP contribution in [0.1, 0.15) is 87.1 Å². The van der Waals surface area contributed by atoms with Gasteiger partial charge in [-0.05, 0) is 114 Å². The van der Waals surface area contributed by atoms with Gasteiger partial charge in [-0.2, -0.15) is 0 Å². The lowest BCUT2D eigenvalue weighted by Crippen LogP contribution is -2.37. The Balaban J connectivity index is 1.42. The Morgan fingerprint density at radius 3 is 2.32 bits per heavy atom. The van der Waals surface area contributed by atoms with Crippen molar-refractivity contribution in [2.75, 3.05) is 0 Å². The minimum Gasteiger partial charge on any atom is -0.507 e. The molecule has 2 N–H and O–H groups in total. The van der Waals surface area contributed by atoms with Gasteiger partial charge in [0.2, 0.25) is 0 Å². The van der Waals surface area contributed by atoms with Gasteiger partial charge in [0.25, 0.3) is 0 Å². The normalized spacial score (nSPS) is 17.7. The largest absolute Gasteiger partial charge is 0.507 e. The average molecular weight is 469 g/mol. The third kappa shape index (κ3) is 5.86. The summed E-state index contributed by atoms with van der Waals surface area (Å²) in [5.74, 6) is 0.998. The van der Waals surface area contributed by atoms with Gasteiger partial charge in [-0.3, -0.25) is 0 Å². The number of phenols is 1. The van der Waals surface area contributed by atoms with Crippen molar-refractivity contribution in [1.29, 1.82) is 0 Å². The maximum Gasteiger partial charge on any atom is 0.347 e. The molecule has 0 aliphatic carbocycles. The van der Waals surface area contributed by atoms with Gasteiger partial charge in [0.1, 0.15) is 22.8 Å². The van der Waals surface area contributed by atoms with Gasteiger partial charge in [0.15, 0.2) is 5.60 Å². The first kappa shape index (κ1) is 25.9. The first-order chi connectivity index (χ1) is 15.9. The van der Waals surface area contributed by atoms with Crippen molar-refractivity contribution in [2.24, 2.45) is 0 Å². The SMILES string of the molecule is Cc1c(C)c2c(c(C)c1O)CCC(C)(CCCCCCc1ccc(OC(C)(C)C(=O)O)cc1)O2. The molecule has 34 heavy (non-hydrogen) atoms. The molecule has 0 saturated heterocycles. The number of aliphatic carboxylic acids is 1. The van der Waals surface area contributed by atoms with Gasteiger partial charge in [0, 0.05) is 5.56 Å². The second kappa shape index (κ2) is 10.3. The van der Waals surface area contributed by atoms with Crippen LogP contribution in [0.25, 0.3) is 0 Å². The van der Waals surface area contributed by atoms with Gasteiger partial charge in [-0.15, -0.1) is 0 Å². The van der Waals surface area contributed by atoms with E-state index in [1.54, 1.807) is 13.8 Å². The lowest BCUT2D eigenvalue weighted by molar-refractivity contribution is -0.152. The summed E-state index contributed by atoms with van der Waals surface area (Å²) < 4.78 is 12.1. The Morgan fingerprint density at radius 2 is 1.68 bits per heavy atom. The zero-order valence-electron chi connectivity index (χ0n) is 21.6.